The minimum absolute atomic E-state index is 0.193. The van der Waals surface area contributed by atoms with Crippen molar-refractivity contribution in [3.8, 4) is 11.3 Å². The molecule has 3 rings (SSSR count). The van der Waals surface area contributed by atoms with Crippen molar-refractivity contribution in [3.63, 3.8) is 0 Å². The van der Waals surface area contributed by atoms with E-state index >= 15 is 0 Å². The molecule has 1 heterocycles. The first-order valence-corrected chi connectivity index (χ1v) is 8.14. The highest BCUT2D eigenvalue weighted by Crippen LogP contribution is 2.19. The highest BCUT2D eigenvalue weighted by atomic mass is 19.1. The molecular weight excluding hydrogens is 315 g/mol. The highest BCUT2D eigenvalue weighted by molar-refractivity contribution is 5.95. The molecule has 0 unspecified atom stereocenters. The fraction of sp³-hybridized carbons (Fsp3) is 0.143. The monoisotopic (exact) mass is 334 g/mol. The Hall–Kier alpha value is -3.01. The zero-order chi connectivity index (χ0) is 17.8. The van der Waals surface area contributed by atoms with Gasteiger partial charge in [0.15, 0.2) is 0 Å². The SMILES string of the molecule is Cc1nc(-c2ccccc2)ccc1C(=O)N[C@H](C)c1ccc(F)cc1. The van der Waals surface area contributed by atoms with Gasteiger partial charge in [-0.3, -0.25) is 9.78 Å². The van der Waals surface area contributed by atoms with Crippen LogP contribution in [0.5, 0.6) is 0 Å². The molecule has 25 heavy (non-hydrogen) atoms. The van der Waals surface area contributed by atoms with Crippen LogP contribution < -0.4 is 5.32 Å². The van der Waals surface area contributed by atoms with Crippen molar-refractivity contribution in [3.05, 3.63) is 89.4 Å². The zero-order valence-electron chi connectivity index (χ0n) is 14.2. The summed E-state index contributed by atoms with van der Waals surface area (Å²) in [5, 5.41) is 2.93. The van der Waals surface area contributed by atoms with Crippen molar-refractivity contribution >= 4 is 5.91 Å². The van der Waals surface area contributed by atoms with E-state index in [0.717, 1.165) is 16.8 Å². The van der Waals surface area contributed by atoms with Gasteiger partial charge in [-0.1, -0.05) is 42.5 Å². The molecule has 0 fully saturated rings. The predicted molar refractivity (Wildman–Crippen MR) is 96.7 cm³/mol. The van der Waals surface area contributed by atoms with Gasteiger partial charge in [0.1, 0.15) is 5.82 Å². The Balaban J connectivity index is 1.77. The molecule has 4 heteroatoms. The third kappa shape index (κ3) is 3.91. The molecule has 1 atom stereocenters. The van der Waals surface area contributed by atoms with Crippen molar-refractivity contribution in [2.24, 2.45) is 0 Å². The van der Waals surface area contributed by atoms with Gasteiger partial charge in [0, 0.05) is 5.56 Å². The van der Waals surface area contributed by atoms with Gasteiger partial charge >= 0.3 is 0 Å². The van der Waals surface area contributed by atoms with Crippen LogP contribution in [0.15, 0.2) is 66.7 Å². The number of carbonyl (C=O) groups excluding carboxylic acids is 1. The minimum Gasteiger partial charge on any atom is -0.345 e. The lowest BCUT2D eigenvalue weighted by atomic mass is 10.1. The normalized spacial score (nSPS) is 11.8. The van der Waals surface area contributed by atoms with Crippen LogP contribution in [0.2, 0.25) is 0 Å². The second-order valence-corrected chi connectivity index (χ2v) is 5.94. The summed E-state index contributed by atoms with van der Waals surface area (Å²) < 4.78 is 13.0. The molecule has 3 nitrogen and oxygen atoms in total. The van der Waals surface area contributed by atoms with Crippen molar-refractivity contribution in [2.45, 2.75) is 19.9 Å². The summed E-state index contributed by atoms with van der Waals surface area (Å²) >= 11 is 0. The Kier molecular flexibility index (Phi) is 4.89. The lowest BCUT2D eigenvalue weighted by Crippen LogP contribution is -2.27. The van der Waals surface area contributed by atoms with Gasteiger partial charge < -0.3 is 5.32 Å². The summed E-state index contributed by atoms with van der Waals surface area (Å²) in [6, 6.07) is 19.4. The number of benzene rings is 2. The van der Waals surface area contributed by atoms with Crippen LogP contribution in [0.3, 0.4) is 0 Å². The minimum atomic E-state index is -0.293. The Bertz CT molecular complexity index is 876. The number of rotatable bonds is 4. The molecule has 1 aromatic heterocycles. The number of nitrogens with one attached hydrogen (secondary N) is 1. The maximum atomic E-state index is 13.0. The summed E-state index contributed by atoms with van der Waals surface area (Å²) in [6.07, 6.45) is 0. The zero-order valence-corrected chi connectivity index (χ0v) is 14.2. The largest absolute Gasteiger partial charge is 0.345 e. The molecule has 0 saturated carbocycles. The molecule has 1 N–H and O–H groups in total. The van der Waals surface area contributed by atoms with Crippen LogP contribution >= 0.6 is 0 Å². The van der Waals surface area contributed by atoms with Gasteiger partial charge in [0.25, 0.3) is 5.91 Å². The van der Waals surface area contributed by atoms with E-state index in [-0.39, 0.29) is 17.8 Å². The van der Waals surface area contributed by atoms with E-state index in [4.69, 9.17) is 0 Å². The van der Waals surface area contributed by atoms with Gasteiger partial charge in [-0.25, -0.2) is 4.39 Å². The lowest BCUT2D eigenvalue weighted by molar-refractivity contribution is 0.0939. The third-order valence-electron chi connectivity index (χ3n) is 4.12. The molecule has 0 spiro atoms. The predicted octanol–water partition coefficient (Wildman–Crippen LogP) is 4.69. The molecule has 0 bridgehead atoms. The van der Waals surface area contributed by atoms with E-state index in [1.807, 2.05) is 50.2 Å². The maximum Gasteiger partial charge on any atom is 0.253 e. The molecule has 2 aromatic carbocycles. The Morgan fingerprint density at radius 1 is 1.00 bits per heavy atom. The van der Waals surface area contributed by atoms with Gasteiger partial charge in [0.05, 0.1) is 23.0 Å². The van der Waals surface area contributed by atoms with E-state index in [9.17, 15) is 9.18 Å². The van der Waals surface area contributed by atoms with Crippen LogP contribution in [0.4, 0.5) is 4.39 Å². The van der Waals surface area contributed by atoms with Crippen molar-refractivity contribution in [2.75, 3.05) is 0 Å². The molecule has 0 aliphatic rings. The molecule has 3 aromatic rings. The number of hydrogen-bond donors (Lipinski definition) is 1. The van der Waals surface area contributed by atoms with Gasteiger partial charge in [-0.05, 0) is 43.7 Å². The van der Waals surface area contributed by atoms with Crippen molar-refractivity contribution in [1.82, 2.24) is 10.3 Å². The third-order valence-corrected chi connectivity index (χ3v) is 4.12. The molecule has 1 amide bonds. The maximum absolute atomic E-state index is 13.0. The number of halogens is 1. The summed E-state index contributed by atoms with van der Waals surface area (Å²) in [7, 11) is 0. The van der Waals surface area contributed by atoms with Gasteiger partial charge in [0.2, 0.25) is 0 Å². The first-order valence-electron chi connectivity index (χ1n) is 8.14. The first kappa shape index (κ1) is 16.8. The number of nitrogens with zero attached hydrogens (tertiary/aromatic N) is 1. The fourth-order valence-electron chi connectivity index (χ4n) is 2.68. The molecule has 0 aliphatic heterocycles. The molecule has 0 radical (unpaired) electrons. The van der Waals surface area contributed by atoms with Crippen molar-refractivity contribution in [1.29, 1.82) is 0 Å². The summed E-state index contributed by atoms with van der Waals surface area (Å²) in [6.45, 7) is 3.69. The number of carbonyl (C=O) groups is 1. The highest BCUT2D eigenvalue weighted by Gasteiger charge is 2.15. The van der Waals surface area contributed by atoms with E-state index in [1.165, 1.54) is 12.1 Å². The number of aryl methyl sites for hydroxylation is 1. The molecular formula is C21H19FN2O. The number of amides is 1. The van der Waals surface area contributed by atoms with E-state index in [1.54, 1.807) is 18.2 Å². The Labute approximate surface area is 146 Å². The van der Waals surface area contributed by atoms with Crippen LogP contribution in [-0.2, 0) is 0 Å². The second-order valence-electron chi connectivity index (χ2n) is 5.94. The quantitative estimate of drug-likeness (QED) is 0.752. The standard InChI is InChI=1S/C21H19FN2O/c1-14(16-8-10-18(22)11-9-16)24-21(25)19-12-13-20(23-15(19)2)17-6-4-3-5-7-17/h3-14H,1-2H3,(H,24,25)/t14-/m1/s1. The number of aromatic nitrogens is 1. The smallest absolute Gasteiger partial charge is 0.253 e. The van der Waals surface area contributed by atoms with E-state index in [0.29, 0.717) is 11.3 Å². The molecule has 126 valence electrons. The van der Waals surface area contributed by atoms with E-state index < -0.39 is 0 Å². The summed E-state index contributed by atoms with van der Waals surface area (Å²) in [5.74, 6) is -0.486. The topological polar surface area (TPSA) is 42.0 Å². The second kappa shape index (κ2) is 7.26. The first-order chi connectivity index (χ1) is 12.0. The number of pyridine rings is 1. The van der Waals surface area contributed by atoms with E-state index in [2.05, 4.69) is 10.3 Å². The fourth-order valence-corrected chi connectivity index (χ4v) is 2.68. The Morgan fingerprint density at radius 2 is 1.68 bits per heavy atom. The average Bonchev–Trinajstić information content (AvgIpc) is 2.62. The molecule has 0 aliphatic carbocycles. The van der Waals surface area contributed by atoms with Crippen LogP contribution in [0.25, 0.3) is 11.3 Å². The summed E-state index contributed by atoms with van der Waals surface area (Å²) in [4.78, 5) is 17.1. The number of hydrogen-bond acceptors (Lipinski definition) is 2. The van der Waals surface area contributed by atoms with Gasteiger partial charge in [-0.2, -0.15) is 0 Å². The molecule has 0 saturated heterocycles. The van der Waals surface area contributed by atoms with Crippen LogP contribution in [-0.4, -0.2) is 10.9 Å². The van der Waals surface area contributed by atoms with Gasteiger partial charge in [-0.15, -0.1) is 0 Å². The summed E-state index contributed by atoms with van der Waals surface area (Å²) in [5.41, 5.74) is 3.90. The average molecular weight is 334 g/mol. The van der Waals surface area contributed by atoms with Crippen LogP contribution in [0, 0.1) is 12.7 Å². The van der Waals surface area contributed by atoms with Crippen molar-refractivity contribution < 1.29 is 9.18 Å². The van der Waals surface area contributed by atoms with Crippen LogP contribution in [0.1, 0.15) is 34.6 Å². The lowest BCUT2D eigenvalue weighted by Gasteiger charge is -2.15. The Morgan fingerprint density at radius 3 is 2.32 bits per heavy atom.